The maximum atomic E-state index is 12.3. The van der Waals surface area contributed by atoms with E-state index in [9.17, 15) is 4.79 Å². The Bertz CT molecular complexity index is 1270. The van der Waals surface area contributed by atoms with Crippen LogP contribution in [0.5, 0.6) is 5.75 Å². The Morgan fingerprint density at radius 1 is 1.03 bits per heavy atom. The lowest BCUT2D eigenvalue weighted by atomic mass is 10.1. The van der Waals surface area contributed by atoms with Crippen molar-refractivity contribution in [3.05, 3.63) is 69.8 Å². The molecule has 2 aromatic carbocycles. The molecular formula is C26H29N3O2S. The number of nitrogens with zero attached hydrogens (tertiary/aromatic N) is 2. The number of aromatic nitrogens is 1. The predicted octanol–water partition coefficient (Wildman–Crippen LogP) is 5.03. The molecule has 6 heteroatoms. The number of pyridine rings is 1. The fourth-order valence-corrected chi connectivity index (χ4v) is 5.36. The van der Waals surface area contributed by atoms with Gasteiger partial charge in [0, 0.05) is 47.3 Å². The van der Waals surface area contributed by atoms with Crippen LogP contribution in [0.1, 0.15) is 18.4 Å². The van der Waals surface area contributed by atoms with E-state index in [1.807, 2.05) is 42.5 Å². The van der Waals surface area contributed by atoms with Crippen molar-refractivity contribution in [1.29, 1.82) is 0 Å². The number of fused-ring (bicyclic) bond motifs is 2. The molecule has 1 fully saturated rings. The van der Waals surface area contributed by atoms with Crippen molar-refractivity contribution in [3.63, 3.8) is 0 Å². The highest BCUT2D eigenvalue weighted by atomic mass is 32.1. The Balaban J connectivity index is 1.08. The first kappa shape index (κ1) is 21.0. The molecule has 5 nitrogen and oxygen atoms in total. The van der Waals surface area contributed by atoms with Gasteiger partial charge in [-0.05, 0) is 61.5 Å². The quantitative estimate of drug-likeness (QED) is 0.404. The monoisotopic (exact) mass is 447 g/mol. The predicted molar refractivity (Wildman–Crippen MR) is 135 cm³/mol. The van der Waals surface area contributed by atoms with Gasteiger partial charge < -0.3 is 14.6 Å². The highest BCUT2D eigenvalue weighted by molar-refractivity contribution is 7.17. The molecule has 5 rings (SSSR count). The van der Waals surface area contributed by atoms with Gasteiger partial charge in [0.2, 0.25) is 0 Å². The number of H-pyrrole nitrogens is 1. The number of aromatic amines is 1. The van der Waals surface area contributed by atoms with Gasteiger partial charge in [0.1, 0.15) is 0 Å². The Labute approximate surface area is 192 Å². The zero-order valence-corrected chi connectivity index (χ0v) is 19.3. The standard InChI is InChI=1S/C26H29N3O2S/c1-19-6-4-7-20-18-23(26(30)27-25(19)20)31-16-3-2-11-28-12-14-29(15-13-28)22-8-5-9-24-21(22)10-17-32-24/h4-10,17-18H,2-3,11-16H2,1H3,(H,27,30). The number of piperazine rings is 1. The fourth-order valence-electron chi connectivity index (χ4n) is 4.56. The summed E-state index contributed by atoms with van der Waals surface area (Å²) in [6.45, 7) is 7.96. The van der Waals surface area contributed by atoms with E-state index in [4.69, 9.17) is 4.74 Å². The van der Waals surface area contributed by atoms with E-state index in [1.165, 1.54) is 15.8 Å². The van der Waals surface area contributed by atoms with E-state index in [0.29, 0.717) is 12.4 Å². The number of benzene rings is 2. The summed E-state index contributed by atoms with van der Waals surface area (Å²) in [5.74, 6) is 0.416. The minimum absolute atomic E-state index is 0.149. The average Bonchev–Trinajstić information content (AvgIpc) is 3.29. The molecule has 0 radical (unpaired) electrons. The van der Waals surface area contributed by atoms with Crippen molar-refractivity contribution in [1.82, 2.24) is 9.88 Å². The molecule has 0 saturated carbocycles. The molecule has 3 heterocycles. The minimum Gasteiger partial charge on any atom is -0.488 e. The number of thiophene rings is 1. The van der Waals surface area contributed by atoms with Crippen LogP contribution in [0.15, 0.2) is 58.7 Å². The summed E-state index contributed by atoms with van der Waals surface area (Å²) >= 11 is 1.81. The Morgan fingerprint density at radius 2 is 1.88 bits per heavy atom. The number of hydrogen-bond acceptors (Lipinski definition) is 5. The van der Waals surface area contributed by atoms with E-state index < -0.39 is 0 Å². The molecule has 0 amide bonds. The topological polar surface area (TPSA) is 48.6 Å². The average molecular weight is 448 g/mol. The van der Waals surface area contributed by atoms with Crippen LogP contribution >= 0.6 is 11.3 Å². The molecule has 4 aromatic rings. The molecule has 0 spiro atoms. The molecule has 2 aromatic heterocycles. The van der Waals surface area contributed by atoms with Gasteiger partial charge in [0.25, 0.3) is 5.56 Å². The van der Waals surface area contributed by atoms with Gasteiger partial charge >= 0.3 is 0 Å². The molecule has 1 aliphatic heterocycles. The van der Waals surface area contributed by atoms with Crippen LogP contribution in [-0.4, -0.2) is 49.2 Å². The molecule has 32 heavy (non-hydrogen) atoms. The van der Waals surface area contributed by atoms with Gasteiger partial charge in [-0.15, -0.1) is 11.3 Å². The number of ether oxygens (including phenoxy) is 1. The second-order valence-corrected chi connectivity index (χ2v) is 9.44. The van der Waals surface area contributed by atoms with Crippen LogP contribution in [0, 0.1) is 6.92 Å². The fraction of sp³-hybridized carbons (Fsp3) is 0.346. The number of nitrogens with one attached hydrogen (secondary N) is 1. The van der Waals surface area contributed by atoms with Crippen molar-refractivity contribution >= 4 is 38.0 Å². The van der Waals surface area contributed by atoms with Gasteiger partial charge in [0.15, 0.2) is 5.75 Å². The van der Waals surface area contributed by atoms with Gasteiger partial charge in [-0.3, -0.25) is 9.69 Å². The molecule has 1 N–H and O–H groups in total. The second-order valence-electron chi connectivity index (χ2n) is 8.50. The van der Waals surface area contributed by atoms with Crippen LogP contribution in [0.2, 0.25) is 0 Å². The van der Waals surface area contributed by atoms with Gasteiger partial charge in [-0.2, -0.15) is 0 Å². The highest BCUT2D eigenvalue weighted by Crippen LogP contribution is 2.31. The molecule has 1 saturated heterocycles. The number of unbranched alkanes of at least 4 members (excludes halogenated alkanes) is 1. The van der Waals surface area contributed by atoms with E-state index in [-0.39, 0.29) is 5.56 Å². The summed E-state index contributed by atoms with van der Waals surface area (Å²) in [6, 6.07) is 16.7. The van der Waals surface area contributed by atoms with Crippen molar-refractivity contribution in [2.75, 3.05) is 44.2 Å². The minimum atomic E-state index is -0.149. The number of rotatable bonds is 7. The van der Waals surface area contributed by atoms with Gasteiger partial charge in [-0.25, -0.2) is 0 Å². The maximum Gasteiger partial charge on any atom is 0.290 e. The van der Waals surface area contributed by atoms with E-state index in [0.717, 1.165) is 62.0 Å². The summed E-state index contributed by atoms with van der Waals surface area (Å²) in [7, 11) is 0. The smallest absolute Gasteiger partial charge is 0.290 e. The van der Waals surface area contributed by atoms with Gasteiger partial charge in [0.05, 0.1) is 12.1 Å². The number of para-hydroxylation sites is 1. The normalized spacial score (nSPS) is 15.0. The van der Waals surface area contributed by atoms with Crippen LogP contribution < -0.4 is 15.2 Å². The maximum absolute atomic E-state index is 12.3. The third-order valence-corrected chi connectivity index (χ3v) is 7.25. The lowest BCUT2D eigenvalue weighted by Gasteiger charge is -2.36. The number of aryl methyl sites for hydroxylation is 1. The SMILES string of the molecule is Cc1cccc2cc(OCCCCN3CCN(c4cccc5sccc45)CC3)c(=O)[nH]c12. The lowest BCUT2D eigenvalue weighted by Crippen LogP contribution is -2.46. The number of anilines is 1. The molecule has 0 bridgehead atoms. The summed E-state index contributed by atoms with van der Waals surface area (Å²) in [6.07, 6.45) is 2.02. The zero-order valence-electron chi connectivity index (χ0n) is 18.5. The van der Waals surface area contributed by atoms with Crippen LogP contribution in [-0.2, 0) is 0 Å². The van der Waals surface area contributed by atoms with Crippen LogP contribution in [0.25, 0.3) is 21.0 Å². The number of hydrogen-bond donors (Lipinski definition) is 1. The molecule has 1 aliphatic rings. The Morgan fingerprint density at radius 3 is 2.75 bits per heavy atom. The first-order valence-electron chi connectivity index (χ1n) is 11.4. The molecule has 166 valence electrons. The van der Waals surface area contributed by atoms with Crippen molar-refractivity contribution in [2.45, 2.75) is 19.8 Å². The molecular weight excluding hydrogens is 418 g/mol. The molecule has 0 unspecified atom stereocenters. The van der Waals surface area contributed by atoms with E-state index in [2.05, 4.69) is 44.4 Å². The lowest BCUT2D eigenvalue weighted by molar-refractivity contribution is 0.238. The Hall–Kier alpha value is -2.83. The Kier molecular flexibility index (Phi) is 6.14. The largest absolute Gasteiger partial charge is 0.488 e. The van der Waals surface area contributed by atoms with Crippen molar-refractivity contribution < 1.29 is 4.74 Å². The third kappa shape index (κ3) is 4.38. The zero-order chi connectivity index (χ0) is 21.9. The molecule has 0 atom stereocenters. The second kappa shape index (κ2) is 9.35. The third-order valence-electron chi connectivity index (χ3n) is 6.37. The summed E-state index contributed by atoms with van der Waals surface area (Å²) in [5.41, 5.74) is 3.17. The first-order chi connectivity index (χ1) is 15.7. The van der Waals surface area contributed by atoms with Crippen LogP contribution in [0.3, 0.4) is 0 Å². The van der Waals surface area contributed by atoms with Crippen molar-refractivity contribution in [2.24, 2.45) is 0 Å². The first-order valence-corrected chi connectivity index (χ1v) is 12.3. The summed E-state index contributed by atoms with van der Waals surface area (Å²) in [5, 5.41) is 4.57. The summed E-state index contributed by atoms with van der Waals surface area (Å²) < 4.78 is 7.18. The van der Waals surface area contributed by atoms with Crippen LogP contribution in [0.4, 0.5) is 5.69 Å². The summed E-state index contributed by atoms with van der Waals surface area (Å²) in [4.78, 5) is 20.3. The molecule has 0 aliphatic carbocycles. The van der Waals surface area contributed by atoms with Crippen molar-refractivity contribution in [3.8, 4) is 5.75 Å². The van der Waals surface area contributed by atoms with E-state index >= 15 is 0 Å². The highest BCUT2D eigenvalue weighted by Gasteiger charge is 2.18. The van der Waals surface area contributed by atoms with Gasteiger partial charge in [-0.1, -0.05) is 24.3 Å². The van der Waals surface area contributed by atoms with E-state index in [1.54, 1.807) is 0 Å².